The minimum absolute atomic E-state index is 0.0320. The number of hydrogen-bond acceptors (Lipinski definition) is 5. The molecule has 21 heavy (non-hydrogen) atoms. The van der Waals surface area contributed by atoms with Gasteiger partial charge in [-0.2, -0.15) is 0 Å². The Balaban J connectivity index is 1.95. The second-order valence-electron chi connectivity index (χ2n) is 5.36. The number of methoxy groups -OCH3 is 1. The zero-order valence-corrected chi connectivity index (χ0v) is 13.4. The normalized spacial score (nSPS) is 16.8. The van der Waals surface area contributed by atoms with Crippen molar-refractivity contribution in [3.05, 3.63) is 17.0 Å². The van der Waals surface area contributed by atoms with Crippen LogP contribution in [-0.2, 0) is 26.0 Å². The third-order valence-electron chi connectivity index (χ3n) is 3.66. The Hall–Kier alpha value is -0.960. The fourth-order valence-electron chi connectivity index (χ4n) is 2.08. The Morgan fingerprint density at radius 1 is 1.48 bits per heavy atom. The van der Waals surface area contributed by atoms with Crippen molar-refractivity contribution in [3.8, 4) is 0 Å². The van der Waals surface area contributed by atoms with Crippen LogP contribution in [0.2, 0.25) is 0 Å². The lowest BCUT2D eigenvalue weighted by molar-refractivity contribution is -0.136. The van der Waals surface area contributed by atoms with Crippen LogP contribution in [-0.4, -0.2) is 39.8 Å². The largest absolute Gasteiger partial charge is 0.481 e. The smallest absolute Gasteiger partial charge is 0.308 e. The quantitative estimate of drug-likeness (QED) is 0.714. The first-order valence-electron chi connectivity index (χ1n) is 6.66. The highest BCUT2D eigenvalue weighted by Crippen LogP contribution is 2.48. The molecular weight excluding hydrogens is 314 g/mol. The summed E-state index contributed by atoms with van der Waals surface area (Å²) in [5.41, 5.74) is 0.0320. The third kappa shape index (κ3) is 4.50. The van der Waals surface area contributed by atoms with E-state index in [-0.39, 0.29) is 16.0 Å². The molecule has 1 aliphatic rings. The Labute approximate surface area is 128 Å². The van der Waals surface area contributed by atoms with Crippen molar-refractivity contribution in [3.63, 3.8) is 0 Å². The first kappa shape index (κ1) is 16.4. The minimum Gasteiger partial charge on any atom is -0.481 e. The van der Waals surface area contributed by atoms with Crippen LogP contribution in [0.4, 0.5) is 0 Å². The molecule has 0 bridgehead atoms. The van der Waals surface area contributed by atoms with Crippen LogP contribution in [0.5, 0.6) is 0 Å². The van der Waals surface area contributed by atoms with Gasteiger partial charge in [-0.05, 0) is 36.8 Å². The van der Waals surface area contributed by atoms with E-state index in [1.165, 1.54) is 6.07 Å². The van der Waals surface area contributed by atoms with Crippen molar-refractivity contribution < 1.29 is 23.1 Å². The van der Waals surface area contributed by atoms with E-state index in [4.69, 9.17) is 9.84 Å². The molecule has 0 saturated heterocycles. The molecule has 0 unspecified atom stereocenters. The van der Waals surface area contributed by atoms with Gasteiger partial charge in [0, 0.05) is 25.1 Å². The summed E-state index contributed by atoms with van der Waals surface area (Å²) in [5, 5.41) is 8.71. The summed E-state index contributed by atoms with van der Waals surface area (Å²) in [7, 11) is -1.92. The topological polar surface area (TPSA) is 92.7 Å². The van der Waals surface area contributed by atoms with Gasteiger partial charge in [0.2, 0.25) is 10.0 Å². The molecule has 0 spiro atoms. The Kier molecular flexibility index (Phi) is 5.03. The van der Waals surface area contributed by atoms with Crippen molar-refractivity contribution in [1.82, 2.24) is 4.72 Å². The summed E-state index contributed by atoms with van der Waals surface area (Å²) in [6, 6.07) is 3.01. The highest BCUT2D eigenvalue weighted by Gasteiger charge is 2.42. The molecule has 1 saturated carbocycles. The lowest BCUT2D eigenvalue weighted by atomic mass is 10.0. The van der Waals surface area contributed by atoms with Crippen LogP contribution < -0.4 is 4.72 Å². The summed E-state index contributed by atoms with van der Waals surface area (Å²) in [5.74, 6) is -0.967. The summed E-state index contributed by atoms with van der Waals surface area (Å²) in [4.78, 5) is 11.2. The van der Waals surface area contributed by atoms with E-state index in [1.807, 2.05) is 0 Å². The number of carboxylic acids is 1. The van der Waals surface area contributed by atoms with Gasteiger partial charge in [0.25, 0.3) is 0 Å². The summed E-state index contributed by atoms with van der Waals surface area (Å²) < 4.78 is 32.2. The first-order valence-corrected chi connectivity index (χ1v) is 8.96. The molecule has 1 fully saturated rings. The van der Waals surface area contributed by atoms with Crippen molar-refractivity contribution in [1.29, 1.82) is 0 Å². The van der Waals surface area contributed by atoms with Crippen LogP contribution >= 0.6 is 11.3 Å². The number of carboxylic acid groups (broad SMARTS) is 1. The molecule has 0 amide bonds. The molecule has 2 rings (SSSR count). The van der Waals surface area contributed by atoms with E-state index in [1.54, 1.807) is 13.2 Å². The maximum atomic E-state index is 12.2. The second kappa shape index (κ2) is 6.43. The standard InChI is InChI=1S/C13H19NO5S2/c1-19-7-6-13(4-5-13)9-14-21(17,18)12-3-2-10(20-12)8-11(15)16/h2-3,14H,4-9H2,1H3,(H,15,16). The van der Waals surface area contributed by atoms with Crippen molar-refractivity contribution in [2.75, 3.05) is 20.3 Å². The maximum absolute atomic E-state index is 12.2. The Morgan fingerprint density at radius 3 is 2.76 bits per heavy atom. The van der Waals surface area contributed by atoms with Crippen molar-refractivity contribution >= 4 is 27.3 Å². The number of hydrogen-bond donors (Lipinski definition) is 2. The molecule has 2 N–H and O–H groups in total. The van der Waals surface area contributed by atoms with Gasteiger partial charge in [0.05, 0.1) is 6.42 Å². The van der Waals surface area contributed by atoms with E-state index in [9.17, 15) is 13.2 Å². The molecule has 6 nitrogen and oxygen atoms in total. The molecule has 1 aromatic heterocycles. The molecule has 1 heterocycles. The van der Waals surface area contributed by atoms with Crippen LogP contribution in [0.15, 0.2) is 16.3 Å². The minimum atomic E-state index is -3.56. The van der Waals surface area contributed by atoms with Crippen LogP contribution in [0.3, 0.4) is 0 Å². The van der Waals surface area contributed by atoms with E-state index in [0.29, 0.717) is 18.0 Å². The zero-order valence-electron chi connectivity index (χ0n) is 11.8. The highest BCUT2D eigenvalue weighted by molar-refractivity contribution is 7.91. The summed E-state index contributed by atoms with van der Waals surface area (Å²) in [6.07, 6.45) is 2.71. The fraction of sp³-hybridized carbons (Fsp3) is 0.615. The van der Waals surface area contributed by atoms with Gasteiger partial charge in [-0.3, -0.25) is 4.79 Å². The fourth-order valence-corrected chi connectivity index (χ4v) is 4.63. The lowest BCUT2D eigenvalue weighted by Crippen LogP contribution is -2.30. The van der Waals surface area contributed by atoms with E-state index in [0.717, 1.165) is 30.6 Å². The van der Waals surface area contributed by atoms with E-state index >= 15 is 0 Å². The van der Waals surface area contributed by atoms with Crippen molar-refractivity contribution in [2.24, 2.45) is 5.41 Å². The number of carbonyl (C=O) groups is 1. The highest BCUT2D eigenvalue weighted by atomic mass is 32.2. The molecule has 0 aliphatic heterocycles. The van der Waals surface area contributed by atoms with Gasteiger partial charge in [-0.25, -0.2) is 13.1 Å². The monoisotopic (exact) mass is 333 g/mol. The predicted octanol–water partition coefficient (Wildman–Crippen LogP) is 1.47. The zero-order chi connectivity index (χ0) is 15.5. The number of aliphatic carboxylic acids is 1. The number of thiophene rings is 1. The third-order valence-corrected chi connectivity index (χ3v) is 6.64. The number of nitrogens with one attached hydrogen (secondary N) is 1. The maximum Gasteiger partial charge on any atom is 0.308 e. The Bertz CT molecular complexity index is 604. The molecule has 0 aromatic carbocycles. The van der Waals surface area contributed by atoms with Gasteiger partial charge in [0.15, 0.2) is 0 Å². The SMILES string of the molecule is COCCC1(CNS(=O)(=O)c2ccc(CC(=O)O)s2)CC1. The first-order chi connectivity index (χ1) is 9.87. The van der Waals surface area contributed by atoms with E-state index in [2.05, 4.69) is 4.72 Å². The number of rotatable bonds is 9. The van der Waals surface area contributed by atoms with Crippen LogP contribution in [0.1, 0.15) is 24.1 Å². The van der Waals surface area contributed by atoms with Gasteiger partial charge in [-0.15, -0.1) is 11.3 Å². The lowest BCUT2D eigenvalue weighted by Gasteiger charge is -2.15. The molecular formula is C13H19NO5S2. The number of ether oxygens (including phenoxy) is 1. The van der Waals surface area contributed by atoms with Crippen molar-refractivity contribution in [2.45, 2.75) is 29.9 Å². The van der Waals surface area contributed by atoms with Crippen LogP contribution in [0.25, 0.3) is 0 Å². The second-order valence-corrected chi connectivity index (χ2v) is 8.52. The number of sulfonamides is 1. The average Bonchev–Trinajstić information content (AvgIpc) is 3.04. The predicted molar refractivity (Wildman–Crippen MR) is 79.0 cm³/mol. The molecule has 1 aliphatic carbocycles. The molecule has 8 heteroatoms. The molecule has 1 aromatic rings. The molecule has 118 valence electrons. The van der Waals surface area contributed by atoms with Gasteiger partial charge in [0.1, 0.15) is 4.21 Å². The summed E-state index contributed by atoms with van der Waals surface area (Å²) >= 11 is 1.00. The van der Waals surface area contributed by atoms with E-state index < -0.39 is 16.0 Å². The average molecular weight is 333 g/mol. The van der Waals surface area contributed by atoms with Gasteiger partial charge < -0.3 is 9.84 Å². The summed E-state index contributed by atoms with van der Waals surface area (Å²) in [6.45, 7) is 1.04. The van der Waals surface area contributed by atoms with Gasteiger partial charge in [-0.1, -0.05) is 0 Å². The van der Waals surface area contributed by atoms with Crippen LogP contribution in [0, 0.1) is 5.41 Å². The van der Waals surface area contributed by atoms with Gasteiger partial charge >= 0.3 is 5.97 Å². The molecule has 0 atom stereocenters. The molecule has 0 radical (unpaired) electrons. The Morgan fingerprint density at radius 2 is 2.19 bits per heavy atom.